The van der Waals surface area contributed by atoms with E-state index in [2.05, 4.69) is 23.7 Å². The Morgan fingerprint density at radius 2 is 1.85 bits per heavy atom. The molecule has 0 amide bonds. The lowest BCUT2D eigenvalue weighted by atomic mass is 9.82. The number of ether oxygens (including phenoxy) is 2. The molecule has 0 bridgehead atoms. The van der Waals surface area contributed by atoms with Crippen molar-refractivity contribution in [3.63, 3.8) is 0 Å². The van der Waals surface area contributed by atoms with E-state index < -0.39 is 23.5 Å². The molecule has 1 N–H and O–H groups in total. The van der Waals surface area contributed by atoms with E-state index in [-0.39, 0.29) is 11.2 Å². The Balaban J connectivity index is 2.29. The molecule has 1 aliphatic rings. The van der Waals surface area contributed by atoms with Crippen LogP contribution >= 0.6 is 0 Å². The maximum Gasteiger partial charge on any atom is 0.337 e. The second kappa shape index (κ2) is 9.29. The van der Waals surface area contributed by atoms with E-state index in [0.717, 1.165) is 25.9 Å². The first-order valence-electron chi connectivity index (χ1n) is 11.3. The van der Waals surface area contributed by atoms with Gasteiger partial charge in [-0.15, -0.1) is 0 Å². The number of methoxy groups -OCH3 is 1. The van der Waals surface area contributed by atoms with Gasteiger partial charge in [-0.2, -0.15) is 0 Å². The molecule has 1 atom stereocenters. The molecule has 1 aliphatic heterocycles. The highest BCUT2D eigenvalue weighted by Crippen LogP contribution is 2.44. The number of piperidine rings is 1. The lowest BCUT2D eigenvalue weighted by Crippen LogP contribution is -2.39. The van der Waals surface area contributed by atoms with Crippen LogP contribution in [-0.2, 0) is 9.53 Å². The number of carboxylic acid groups (broad SMARTS) is 1. The van der Waals surface area contributed by atoms with Gasteiger partial charge in [0, 0.05) is 41.7 Å². The standard InChI is InChI=1S/C26H35FN2O4/c1-16-20(23(24(30)31)33-25(2,3)4)22(29-13-11-26(5,6)12-14-29)18(15-28-16)17-9-8-10-19(32-7)21(17)27/h8-10,15,23H,11-14H2,1-7H3,(H,30,31)/t23-/m0/s1. The number of anilines is 1. The number of hydrogen-bond acceptors (Lipinski definition) is 5. The number of nitrogens with zero attached hydrogens (tertiary/aromatic N) is 2. The largest absolute Gasteiger partial charge is 0.494 e. The van der Waals surface area contributed by atoms with Gasteiger partial charge in [-0.1, -0.05) is 26.0 Å². The summed E-state index contributed by atoms with van der Waals surface area (Å²) in [7, 11) is 1.42. The van der Waals surface area contributed by atoms with Crippen molar-refractivity contribution in [2.24, 2.45) is 5.41 Å². The number of pyridine rings is 1. The predicted octanol–water partition coefficient (Wildman–Crippen LogP) is 5.77. The van der Waals surface area contributed by atoms with E-state index in [4.69, 9.17) is 9.47 Å². The highest BCUT2D eigenvalue weighted by atomic mass is 19.1. The molecule has 0 aliphatic carbocycles. The van der Waals surface area contributed by atoms with Crippen molar-refractivity contribution in [3.05, 3.63) is 41.5 Å². The second-order valence-electron chi connectivity index (χ2n) is 10.4. The molecule has 1 saturated heterocycles. The average molecular weight is 459 g/mol. The first-order chi connectivity index (χ1) is 15.3. The number of aromatic nitrogens is 1. The third-order valence-electron chi connectivity index (χ3n) is 6.15. The molecule has 6 nitrogen and oxygen atoms in total. The first-order valence-corrected chi connectivity index (χ1v) is 11.3. The molecule has 0 unspecified atom stereocenters. The monoisotopic (exact) mass is 458 g/mol. The Morgan fingerprint density at radius 1 is 1.21 bits per heavy atom. The van der Waals surface area contributed by atoms with E-state index in [1.54, 1.807) is 31.3 Å². The summed E-state index contributed by atoms with van der Waals surface area (Å²) in [4.78, 5) is 19.1. The number of aryl methyl sites for hydroxylation is 1. The van der Waals surface area contributed by atoms with Gasteiger partial charge in [0.05, 0.1) is 18.4 Å². The van der Waals surface area contributed by atoms with Crippen molar-refractivity contribution >= 4 is 11.7 Å². The number of carboxylic acids is 1. The minimum absolute atomic E-state index is 0.126. The zero-order chi connectivity index (χ0) is 24.6. The number of hydrogen-bond donors (Lipinski definition) is 1. The summed E-state index contributed by atoms with van der Waals surface area (Å²) in [5.41, 5.74) is 2.04. The topological polar surface area (TPSA) is 71.9 Å². The minimum atomic E-state index is -1.24. The third-order valence-corrected chi connectivity index (χ3v) is 6.15. The summed E-state index contributed by atoms with van der Waals surface area (Å²) in [5, 5.41) is 10.2. The van der Waals surface area contributed by atoms with Crippen molar-refractivity contribution in [1.29, 1.82) is 0 Å². The highest BCUT2D eigenvalue weighted by Gasteiger charge is 2.36. The van der Waals surface area contributed by atoms with Crippen molar-refractivity contribution in [2.45, 2.75) is 66.1 Å². The number of halogens is 1. The van der Waals surface area contributed by atoms with Crippen LogP contribution < -0.4 is 9.64 Å². The quantitative estimate of drug-likeness (QED) is 0.592. The van der Waals surface area contributed by atoms with Crippen LogP contribution in [0.25, 0.3) is 11.1 Å². The molecule has 180 valence electrons. The van der Waals surface area contributed by atoms with Crippen molar-refractivity contribution < 1.29 is 23.8 Å². The van der Waals surface area contributed by atoms with Crippen LogP contribution in [0, 0.1) is 18.2 Å². The van der Waals surface area contributed by atoms with Gasteiger partial charge < -0.3 is 19.5 Å². The van der Waals surface area contributed by atoms with Crippen LogP contribution in [0.15, 0.2) is 24.4 Å². The predicted molar refractivity (Wildman–Crippen MR) is 127 cm³/mol. The summed E-state index contributed by atoms with van der Waals surface area (Å²) in [6.45, 7) is 13.2. The molecule has 7 heteroatoms. The maximum atomic E-state index is 15.4. The number of aliphatic carboxylic acids is 1. The Hall–Kier alpha value is -2.67. The van der Waals surface area contributed by atoms with Crippen LogP contribution in [0.5, 0.6) is 5.75 Å². The molecule has 0 saturated carbocycles. The van der Waals surface area contributed by atoms with Crippen LogP contribution in [0.4, 0.5) is 10.1 Å². The second-order valence-corrected chi connectivity index (χ2v) is 10.4. The molecular formula is C26H35FN2O4. The van der Waals surface area contributed by atoms with Gasteiger partial charge in [-0.25, -0.2) is 9.18 Å². The van der Waals surface area contributed by atoms with Gasteiger partial charge in [-0.05, 0) is 52.0 Å². The Morgan fingerprint density at radius 3 is 2.39 bits per heavy atom. The fourth-order valence-electron chi connectivity index (χ4n) is 4.26. The van der Waals surface area contributed by atoms with E-state index in [9.17, 15) is 9.90 Å². The Labute approximate surface area is 195 Å². The molecule has 33 heavy (non-hydrogen) atoms. The van der Waals surface area contributed by atoms with Crippen LogP contribution in [-0.4, -0.2) is 41.9 Å². The fraction of sp³-hybridized carbons (Fsp3) is 0.538. The fourth-order valence-corrected chi connectivity index (χ4v) is 4.26. The third kappa shape index (κ3) is 5.46. The molecule has 0 radical (unpaired) electrons. The Kier molecular flexibility index (Phi) is 7.03. The van der Waals surface area contributed by atoms with Gasteiger partial charge in [0.15, 0.2) is 17.7 Å². The molecule has 0 spiro atoms. The average Bonchev–Trinajstić information content (AvgIpc) is 2.72. The summed E-state index contributed by atoms with van der Waals surface area (Å²) < 4.78 is 26.6. The number of benzene rings is 1. The normalized spacial score (nSPS) is 17.0. The molecule has 1 aromatic carbocycles. The molecule has 1 aromatic heterocycles. The summed E-state index contributed by atoms with van der Waals surface area (Å²) in [6.07, 6.45) is 2.26. The van der Waals surface area contributed by atoms with Crippen molar-refractivity contribution in [3.8, 4) is 16.9 Å². The van der Waals surface area contributed by atoms with Gasteiger partial charge >= 0.3 is 5.97 Å². The first kappa shape index (κ1) is 25.0. The molecular weight excluding hydrogens is 423 g/mol. The maximum absolute atomic E-state index is 15.4. The summed E-state index contributed by atoms with van der Waals surface area (Å²) in [5.74, 6) is -1.48. The van der Waals surface area contributed by atoms with E-state index in [0.29, 0.717) is 28.1 Å². The molecule has 1 fully saturated rings. The van der Waals surface area contributed by atoms with E-state index in [1.165, 1.54) is 7.11 Å². The summed E-state index contributed by atoms with van der Waals surface area (Å²) in [6, 6.07) is 4.96. The summed E-state index contributed by atoms with van der Waals surface area (Å²) >= 11 is 0. The number of rotatable bonds is 6. The van der Waals surface area contributed by atoms with Crippen molar-refractivity contribution in [1.82, 2.24) is 4.98 Å². The lowest BCUT2D eigenvalue weighted by molar-refractivity contribution is -0.160. The zero-order valence-electron chi connectivity index (χ0n) is 20.7. The van der Waals surface area contributed by atoms with E-state index in [1.807, 2.05) is 20.8 Å². The van der Waals surface area contributed by atoms with Crippen LogP contribution in [0.1, 0.15) is 64.8 Å². The smallest absolute Gasteiger partial charge is 0.337 e. The zero-order valence-corrected chi connectivity index (χ0v) is 20.7. The van der Waals surface area contributed by atoms with Gasteiger partial charge in [0.25, 0.3) is 0 Å². The van der Waals surface area contributed by atoms with Crippen LogP contribution in [0.2, 0.25) is 0 Å². The van der Waals surface area contributed by atoms with Gasteiger partial charge in [0.2, 0.25) is 0 Å². The SMILES string of the molecule is COc1cccc(-c2cnc(C)c([C@H](OC(C)(C)C)C(=O)O)c2N2CCC(C)(C)CC2)c1F. The minimum Gasteiger partial charge on any atom is -0.494 e. The molecule has 2 heterocycles. The van der Waals surface area contributed by atoms with E-state index >= 15 is 4.39 Å². The van der Waals surface area contributed by atoms with Crippen LogP contribution in [0.3, 0.4) is 0 Å². The van der Waals surface area contributed by atoms with Crippen molar-refractivity contribution in [2.75, 3.05) is 25.1 Å². The highest BCUT2D eigenvalue weighted by molar-refractivity contribution is 5.87. The molecule has 3 rings (SSSR count). The molecule has 2 aromatic rings. The van der Waals surface area contributed by atoms with Gasteiger partial charge in [0.1, 0.15) is 0 Å². The number of carbonyl (C=O) groups is 1. The Bertz CT molecular complexity index is 1020. The van der Waals surface area contributed by atoms with Gasteiger partial charge in [-0.3, -0.25) is 4.98 Å². The lowest BCUT2D eigenvalue weighted by Gasteiger charge is -2.41.